The molecule has 0 aliphatic carbocycles. The summed E-state index contributed by atoms with van der Waals surface area (Å²) < 4.78 is 0. The maximum absolute atomic E-state index is 12.0. The lowest BCUT2D eigenvalue weighted by Crippen LogP contribution is -2.33. The molecule has 1 atom stereocenters. The number of rotatable bonds is 4. The molecule has 4 heteroatoms. The summed E-state index contributed by atoms with van der Waals surface area (Å²) >= 11 is 0. The Morgan fingerprint density at radius 3 is 2.67 bits per heavy atom. The third-order valence-corrected chi connectivity index (χ3v) is 2.74. The quantitative estimate of drug-likeness (QED) is 0.750. The molecule has 0 aliphatic heterocycles. The van der Waals surface area contributed by atoms with Crippen LogP contribution in [0.1, 0.15) is 10.4 Å². The van der Waals surface area contributed by atoms with Crippen LogP contribution in [0.15, 0.2) is 42.5 Å². The fraction of sp³-hybridized carbons (Fsp3) is 0.214. The van der Waals surface area contributed by atoms with E-state index >= 15 is 0 Å². The zero-order valence-corrected chi connectivity index (χ0v) is 9.84. The normalized spacial score (nSPS) is 12.3. The molecule has 2 rings (SSSR count). The lowest BCUT2D eigenvalue weighted by atomic mass is 10.0. The van der Waals surface area contributed by atoms with E-state index in [0.717, 1.165) is 10.8 Å². The van der Waals surface area contributed by atoms with Crippen molar-refractivity contribution in [2.24, 2.45) is 0 Å². The zero-order chi connectivity index (χ0) is 13.0. The van der Waals surface area contributed by atoms with E-state index in [-0.39, 0.29) is 19.1 Å². The summed E-state index contributed by atoms with van der Waals surface area (Å²) in [6, 6.07) is 13.1. The Bertz CT molecular complexity index is 548. The third kappa shape index (κ3) is 2.67. The Balaban J connectivity index is 2.22. The molecule has 0 fully saturated rings. The Morgan fingerprint density at radius 2 is 1.89 bits per heavy atom. The van der Waals surface area contributed by atoms with E-state index < -0.39 is 6.10 Å². The maximum atomic E-state index is 12.0. The number of carbonyl (C=O) groups excluding carboxylic acids is 1. The minimum Gasteiger partial charge on any atom is -0.394 e. The number of fused-ring (bicyclic) bond motifs is 1. The van der Waals surface area contributed by atoms with Gasteiger partial charge in [-0.3, -0.25) is 4.79 Å². The summed E-state index contributed by atoms with van der Waals surface area (Å²) in [6.45, 7) is -0.325. The Morgan fingerprint density at radius 1 is 1.17 bits per heavy atom. The number of hydrogen-bond donors (Lipinski definition) is 3. The van der Waals surface area contributed by atoms with Crippen LogP contribution < -0.4 is 5.32 Å². The number of nitrogens with one attached hydrogen (secondary N) is 1. The molecule has 0 aliphatic rings. The molecule has 0 saturated heterocycles. The first-order valence-corrected chi connectivity index (χ1v) is 5.77. The van der Waals surface area contributed by atoms with E-state index in [0.29, 0.717) is 5.56 Å². The van der Waals surface area contributed by atoms with E-state index in [9.17, 15) is 9.90 Å². The van der Waals surface area contributed by atoms with Gasteiger partial charge in [-0.15, -0.1) is 0 Å². The SMILES string of the molecule is O=C(NCC(O)CO)c1cccc2ccccc12. The van der Waals surface area contributed by atoms with Gasteiger partial charge in [0.1, 0.15) is 0 Å². The van der Waals surface area contributed by atoms with Crippen molar-refractivity contribution in [3.8, 4) is 0 Å². The average Bonchev–Trinajstić information content (AvgIpc) is 2.43. The van der Waals surface area contributed by atoms with Crippen molar-refractivity contribution in [3.63, 3.8) is 0 Å². The van der Waals surface area contributed by atoms with Crippen molar-refractivity contribution in [2.45, 2.75) is 6.10 Å². The van der Waals surface area contributed by atoms with Crippen LogP contribution in [0.5, 0.6) is 0 Å². The molecule has 2 aromatic rings. The van der Waals surface area contributed by atoms with Crippen molar-refractivity contribution in [3.05, 3.63) is 48.0 Å². The number of hydrogen-bond acceptors (Lipinski definition) is 3. The van der Waals surface area contributed by atoms with Crippen molar-refractivity contribution in [1.29, 1.82) is 0 Å². The predicted octanol–water partition coefficient (Wildman–Crippen LogP) is 0.923. The Hall–Kier alpha value is -1.91. The Labute approximate surface area is 105 Å². The molecule has 94 valence electrons. The second kappa shape index (κ2) is 5.62. The molecule has 1 amide bonds. The van der Waals surface area contributed by atoms with Gasteiger partial charge >= 0.3 is 0 Å². The molecule has 0 radical (unpaired) electrons. The smallest absolute Gasteiger partial charge is 0.252 e. The molecule has 18 heavy (non-hydrogen) atoms. The number of benzene rings is 2. The molecule has 2 aromatic carbocycles. The van der Waals surface area contributed by atoms with Gasteiger partial charge in [-0.05, 0) is 16.8 Å². The highest BCUT2D eigenvalue weighted by molar-refractivity contribution is 6.06. The van der Waals surface area contributed by atoms with Crippen LogP contribution in [-0.4, -0.2) is 35.4 Å². The highest BCUT2D eigenvalue weighted by Gasteiger charge is 2.10. The molecule has 0 spiro atoms. The van der Waals surface area contributed by atoms with E-state index in [1.807, 2.05) is 36.4 Å². The van der Waals surface area contributed by atoms with Gasteiger partial charge < -0.3 is 15.5 Å². The zero-order valence-electron chi connectivity index (χ0n) is 9.84. The second-order valence-electron chi connectivity index (χ2n) is 4.07. The van der Waals surface area contributed by atoms with Gasteiger partial charge in [0.05, 0.1) is 12.7 Å². The van der Waals surface area contributed by atoms with Crippen LogP contribution in [0.4, 0.5) is 0 Å². The standard InChI is InChI=1S/C14H15NO3/c16-9-11(17)8-15-14(18)13-7-3-5-10-4-1-2-6-12(10)13/h1-7,11,16-17H,8-9H2,(H,15,18). The lowest BCUT2D eigenvalue weighted by Gasteiger charge is -2.10. The van der Waals surface area contributed by atoms with E-state index in [4.69, 9.17) is 5.11 Å². The van der Waals surface area contributed by atoms with E-state index in [2.05, 4.69) is 5.32 Å². The van der Waals surface area contributed by atoms with Crippen molar-refractivity contribution >= 4 is 16.7 Å². The van der Waals surface area contributed by atoms with Gasteiger partial charge in [0.25, 0.3) is 5.91 Å². The highest BCUT2D eigenvalue weighted by atomic mass is 16.3. The van der Waals surface area contributed by atoms with Crippen molar-refractivity contribution in [2.75, 3.05) is 13.2 Å². The summed E-state index contributed by atoms with van der Waals surface area (Å²) in [5, 5.41) is 22.3. The largest absolute Gasteiger partial charge is 0.394 e. The fourth-order valence-electron chi connectivity index (χ4n) is 1.79. The average molecular weight is 245 g/mol. The van der Waals surface area contributed by atoms with Crippen LogP contribution in [0.3, 0.4) is 0 Å². The molecule has 0 bridgehead atoms. The predicted molar refractivity (Wildman–Crippen MR) is 69.4 cm³/mol. The van der Waals surface area contributed by atoms with Crippen LogP contribution in [0.2, 0.25) is 0 Å². The summed E-state index contributed by atoms with van der Waals surface area (Å²) in [6.07, 6.45) is -0.927. The number of aliphatic hydroxyl groups excluding tert-OH is 2. The van der Waals surface area contributed by atoms with Gasteiger partial charge in [0, 0.05) is 12.1 Å². The first kappa shape index (κ1) is 12.5. The minimum absolute atomic E-state index is 0.0402. The minimum atomic E-state index is -0.927. The van der Waals surface area contributed by atoms with Crippen LogP contribution >= 0.6 is 0 Å². The summed E-state index contributed by atoms with van der Waals surface area (Å²) in [7, 11) is 0. The molecule has 0 saturated carbocycles. The maximum Gasteiger partial charge on any atom is 0.252 e. The molecule has 1 unspecified atom stereocenters. The third-order valence-electron chi connectivity index (χ3n) is 2.74. The van der Waals surface area contributed by atoms with Crippen LogP contribution in [0, 0.1) is 0 Å². The number of aliphatic hydroxyl groups is 2. The van der Waals surface area contributed by atoms with Gasteiger partial charge in [-0.25, -0.2) is 0 Å². The molecule has 0 heterocycles. The van der Waals surface area contributed by atoms with Crippen molar-refractivity contribution in [1.82, 2.24) is 5.32 Å². The van der Waals surface area contributed by atoms with E-state index in [1.165, 1.54) is 0 Å². The Kier molecular flexibility index (Phi) is 3.92. The van der Waals surface area contributed by atoms with Gasteiger partial charge in [0.15, 0.2) is 0 Å². The van der Waals surface area contributed by atoms with Crippen LogP contribution in [0.25, 0.3) is 10.8 Å². The number of carbonyl (C=O) groups is 1. The molecule has 4 nitrogen and oxygen atoms in total. The summed E-state index contributed by atoms with van der Waals surface area (Å²) in [5.74, 6) is -0.251. The molecule has 3 N–H and O–H groups in total. The molecular formula is C14H15NO3. The van der Waals surface area contributed by atoms with Gasteiger partial charge in [0.2, 0.25) is 0 Å². The first-order chi connectivity index (χ1) is 8.72. The van der Waals surface area contributed by atoms with Crippen LogP contribution in [-0.2, 0) is 0 Å². The molecule has 0 aromatic heterocycles. The molecular weight excluding hydrogens is 230 g/mol. The number of amides is 1. The lowest BCUT2D eigenvalue weighted by molar-refractivity contribution is 0.0803. The first-order valence-electron chi connectivity index (χ1n) is 5.77. The topological polar surface area (TPSA) is 69.6 Å². The summed E-state index contributed by atoms with van der Waals surface area (Å²) in [5.41, 5.74) is 0.568. The highest BCUT2D eigenvalue weighted by Crippen LogP contribution is 2.18. The fourth-order valence-corrected chi connectivity index (χ4v) is 1.79. The van der Waals surface area contributed by atoms with E-state index in [1.54, 1.807) is 6.07 Å². The van der Waals surface area contributed by atoms with Gasteiger partial charge in [-0.2, -0.15) is 0 Å². The monoisotopic (exact) mass is 245 g/mol. The summed E-state index contributed by atoms with van der Waals surface area (Å²) in [4.78, 5) is 12.0. The van der Waals surface area contributed by atoms with Crippen molar-refractivity contribution < 1.29 is 15.0 Å². The van der Waals surface area contributed by atoms with Gasteiger partial charge in [-0.1, -0.05) is 36.4 Å². The second-order valence-corrected chi connectivity index (χ2v) is 4.07.